The van der Waals surface area contributed by atoms with Gasteiger partial charge in [0.1, 0.15) is 0 Å². The van der Waals surface area contributed by atoms with Crippen molar-refractivity contribution in [2.45, 2.75) is 19.0 Å². The van der Waals surface area contributed by atoms with Gasteiger partial charge >= 0.3 is 6.18 Å². The van der Waals surface area contributed by atoms with Gasteiger partial charge in [-0.2, -0.15) is 13.2 Å². The van der Waals surface area contributed by atoms with Crippen LogP contribution in [0.25, 0.3) is 11.5 Å². The van der Waals surface area contributed by atoms with Crippen LogP contribution in [0, 0.1) is 0 Å². The molecule has 0 saturated carbocycles. The minimum absolute atomic E-state index is 0.113. The molecule has 0 aliphatic rings. The maximum atomic E-state index is 13.1. The summed E-state index contributed by atoms with van der Waals surface area (Å²) >= 11 is 3.04. The second-order valence-corrected chi connectivity index (χ2v) is 5.31. The zero-order valence-corrected chi connectivity index (χ0v) is 12.8. The van der Waals surface area contributed by atoms with Crippen LogP contribution < -0.4 is 5.32 Å². The molecule has 0 atom stereocenters. The topological polar surface area (TPSA) is 51.0 Å². The van der Waals surface area contributed by atoms with Crippen LogP contribution in [-0.2, 0) is 12.6 Å². The number of nitrogens with one attached hydrogen (secondary N) is 1. The first-order valence-corrected chi connectivity index (χ1v) is 7.05. The van der Waals surface area contributed by atoms with Crippen molar-refractivity contribution in [3.8, 4) is 11.5 Å². The molecule has 0 spiro atoms. The van der Waals surface area contributed by atoms with Crippen LogP contribution in [-0.4, -0.2) is 23.8 Å². The van der Waals surface area contributed by atoms with E-state index in [1.165, 1.54) is 12.1 Å². The van der Waals surface area contributed by atoms with Crippen molar-refractivity contribution >= 4 is 15.9 Å². The summed E-state index contributed by atoms with van der Waals surface area (Å²) in [5.41, 5.74) is -0.916. The predicted octanol–water partition coefficient (Wildman–Crippen LogP) is 3.67. The van der Waals surface area contributed by atoms with E-state index in [2.05, 4.69) is 31.4 Å². The highest BCUT2D eigenvalue weighted by atomic mass is 79.9. The van der Waals surface area contributed by atoms with E-state index < -0.39 is 11.7 Å². The third-order valence-corrected chi connectivity index (χ3v) is 3.29. The molecule has 8 heteroatoms. The van der Waals surface area contributed by atoms with Gasteiger partial charge < -0.3 is 9.73 Å². The summed E-state index contributed by atoms with van der Waals surface area (Å²) in [6.45, 7) is 0.768. The minimum Gasteiger partial charge on any atom is -0.421 e. The van der Waals surface area contributed by atoms with Crippen LogP contribution in [0.3, 0.4) is 0 Å². The van der Waals surface area contributed by atoms with Crippen LogP contribution in [0.2, 0.25) is 0 Å². The molecule has 21 heavy (non-hydrogen) atoms. The molecule has 0 amide bonds. The quantitative estimate of drug-likeness (QED) is 0.823. The third kappa shape index (κ3) is 4.04. The van der Waals surface area contributed by atoms with Gasteiger partial charge in [-0.3, -0.25) is 0 Å². The van der Waals surface area contributed by atoms with E-state index in [0.717, 1.165) is 19.0 Å². The van der Waals surface area contributed by atoms with Gasteiger partial charge in [0.05, 0.1) is 11.1 Å². The number of hydrogen-bond donors (Lipinski definition) is 1. The number of benzene rings is 1. The van der Waals surface area contributed by atoms with Crippen molar-refractivity contribution in [3.05, 3.63) is 34.1 Å². The van der Waals surface area contributed by atoms with E-state index in [1.54, 1.807) is 0 Å². The van der Waals surface area contributed by atoms with Crippen LogP contribution in [0.15, 0.2) is 27.1 Å². The highest BCUT2D eigenvalue weighted by molar-refractivity contribution is 9.10. The first kappa shape index (κ1) is 16.0. The second kappa shape index (κ2) is 6.57. The average molecular weight is 364 g/mol. The van der Waals surface area contributed by atoms with Crippen molar-refractivity contribution in [1.82, 2.24) is 15.5 Å². The Morgan fingerprint density at radius 3 is 2.71 bits per heavy atom. The van der Waals surface area contributed by atoms with E-state index >= 15 is 0 Å². The minimum atomic E-state index is -4.49. The van der Waals surface area contributed by atoms with Crippen molar-refractivity contribution in [2.75, 3.05) is 13.6 Å². The van der Waals surface area contributed by atoms with Crippen molar-refractivity contribution in [1.29, 1.82) is 0 Å². The highest BCUT2D eigenvalue weighted by Gasteiger charge is 2.35. The Morgan fingerprint density at radius 1 is 1.29 bits per heavy atom. The third-order valence-electron chi connectivity index (χ3n) is 2.80. The summed E-state index contributed by atoms with van der Waals surface area (Å²) in [7, 11) is 1.82. The number of hydrogen-bond acceptors (Lipinski definition) is 4. The average Bonchev–Trinajstić information content (AvgIpc) is 2.87. The summed E-state index contributed by atoms with van der Waals surface area (Å²) < 4.78 is 44.8. The smallest absolute Gasteiger partial charge is 0.417 e. The van der Waals surface area contributed by atoms with Gasteiger partial charge in [-0.1, -0.05) is 15.9 Å². The van der Waals surface area contributed by atoms with E-state index in [9.17, 15) is 13.2 Å². The molecule has 0 unspecified atom stereocenters. The summed E-state index contributed by atoms with van der Waals surface area (Å²) in [4.78, 5) is 0. The van der Waals surface area contributed by atoms with Gasteiger partial charge in [0.25, 0.3) is 0 Å². The molecular weight excluding hydrogens is 351 g/mol. The maximum absolute atomic E-state index is 13.1. The molecule has 1 heterocycles. The summed E-state index contributed by atoms with van der Waals surface area (Å²) in [5, 5.41) is 10.5. The maximum Gasteiger partial charge on any atom is 0.417 e. The predicted molar refractivity (Wildman–Crippen MR) is 74.7 cm³/mol. The standard InChI is InChI=1S/C13H13BrF3N3O/c1-18-6-2-3-11-19-20-12(21-11)9-5-4-8(14)7-10(9)13(15,16)17/h4-5,7,18H,2-3,6H2,1H3. The molecule has 0 fully saturated rings. The lowest BCUT2D eigenvalue weighted by Crippen LogP contribution is -2.08. The molecule has 4 nitrogen and oxygen atoms in total. The molecule has 114 valence electrons. The van der Waals surface area contributed by atoms with Crippen LogP contribution in [0.4, 0.5) is 13.2 Å². The van der Waals surface area contributed by atoms with Crippen molar-refractivity contribution < 1.29 is 17.6 Å². The Labute approximate surface area is 127 Å². The fourth-order valence-corrected chi connectivity index (χ4v) is 2.18. The van der Waals surface area contributed by atoms with Crippen molar-refractivity contribution in [3.63, 3.8) is 0 Å². The molecule has 2 aromatic rings. The molecule has 1 aromatic carbocycles. The van der Waals surface area contributed by atoms with E-state index in [-0.39, 0.29) is 11.5 Å². The highest BCUT2D eigenvalue weighted by Crippen LogP contribution is 2.38. The lowest BCUT2D eigenvalue weighted by Gasteiger charge is -2.10. The number of aromatic nitrogens is 2. The zero-order valence-electron chi connectivity index (χ0n) is 11.2. The first-order chi connectivity index (χ1) is 9.91. The van der Waals surface area contributed by atoms with E-state index in [4.69, 9.17) is 4.42 Å². The van der Waals surface area contributed by atoms with E-state index in [1.807, 2.05) is 7.05 Å². The Balaban J connectivity index is 2.30. The number of alkyl halides is 3. The molecule has 0 bridgehead atoms. The summed E-state index contributed by atoms with van der Waals surface area (Å²) in [5.74, 6) is 0.213. The Bertz CT molecular complexity index is 613. The molecule has 1 aromatic heterocycles. The number of aryl methyl sites for hydroxylation is 1. The summed E-state index contributed by atoms with van der Waals surface area (Å²) in [6, 6.07) is 3.83. The van der Waals surface area contributed by atoms with Crippen LogP contribution >= 0.6 is 15.9 Å². The fourth-order valence-electron chi connectivity index (χ4n) is 1.82. The summed E-state index contributed by atoms with van der Waals surface area (Å²) in [6.07, 6.45) is -3.20. The van der Waals surface area contributed by atoms with Gasteiger partial charge in [0, 0.05) is 10.9 Å². The molecule has 0 saturated heterocycles. The lowest BCUT2D eigenvalue weighted by molar-refractivity contribution is -0.137. The van der Waals surface area contributed by atoms with Gasteiger partial charge in [-0.05, 0) is 38.2 Å². The normalized spacial score (nSPS) is 11.9. The van der Waals surface area contributed by atoms with E-state index in [0.29, 0.717) is 16.8 Å². The molecule has 0 radical (unpaired) electrons. The number of rotatable bonds is 5. The lowest BCUT2D eigenvalue weighted by atomic mass is 10.1. The Hall–Kier alpha value is -1.41. The van der Waals surface area contributed by atoms with Gasteiger partial charge in [0.2, 0.25) is 11.8 Å². The van der Waals surface area contributed by atoms with Crippen molar-refractivity contribution in [2.24, 2.45) is 0 Å². The first-order valence-electron chi connectivity index (χ1n) is 6.26. The SMILES string of the molecule is CNCCCc1nnc(-c2ccc(Br)cc2C(F)(F)F)o1. The fraction of sp³-hybridized carbons (Fsp3) is 0.385. The molecule has 0 aliphatic carbocycles. The Morgan fingerprint density at radius 2 is 2.05 bits per heavy atom. The molecular formula is C13H13BrF3N3O. The monoisotopic (exact) mass is 363 g/mol. The largest absolute Gasteiger partial charge is 0.421 e. The van der Waals surface area contributed by atoms with Gasteiger partial charge in [-0.25, -0.2) is 0 Å². The Kier molecular flexibility index (Phi) is 5.00. The molecule has 1 N–H and O–H groups in total. The molecule has 0 aliphatic heterocycles. The second-order valence-electron chi connectivity index (χ2n) is 4.40. The molecule has 2 rings (SSSR count). The number of nitrogens with zero attached hydrogens (tertiary/aromatic N) is 2. The van der Waals surface area contributed by atoms with Gasteiger partial charge in [0.15, 0.2) is 0 Å². The number of halogens is 4. The van der Waals surface area contributed by atoms with Crippen LogP contribution in [0.5, 0.6) is 0 Å². The zero-order chi connectivity index (χ0) is 15.5. The van der Waals surface area contributed by atoms with Gasteiger partial charge in [-0.15, -0.1) is 10.2 Å². The van der Waals surface area contributed by atoms with Crippen LogP contribution in [0.1, 0.15) is 17.9 Å².